The summed E-state index contributed by atoms with van der Waals surface area (Å²) in [5, 5.41) is 2.79. The van der Waals surface area contributed by atoms with Crippen molar-refractivity contribution in [3.63, 3.8) is 0 Å². The lowest BCUT2D eigenvalue weighted by atomic mass is 10.3. The van der Waals surface area contributed by atoms with Gasteiger partial charge in [0.1, 0.15) is 0 Å². The summed E-state index contributed by atoms with van der Waals surface area (Å²) in [5.41, 5.74) is -0.636. The highest BCUT2D eigenvalue weighted by atomic mass is 32.2. The van der Waals surface area contributed by atoms with Gasteiger partial charge in [0.2, 0.25) is 5.91 Å². The fourth-order valence-electron chi connectivity index (χ4n) is 1.75. The summed E-state index contributed by atoms with van der Waals surface area (Å²) in [5.74, 6) is 0.996. The average molecular weight is 299 g/mol. The van der Waals surface area contributed by atoms with E-state index in [1.165, 1.54) is 21.4 Å². The van der Waals surface area contributed by atoms with Gasteiger partial charge >= 0.3 is 5.69 Å². The van der Waals surface area contributed by atoms with E-state index in [0.29, 0.717) is 25.9 Å². The average Bonchev–Trinajstić information content (AvgIpc) is 2.42. The number of rotatable bonds is 8. The molecule has 0 fully saturated rings. The Kier molecular flexibility index (Phi) is 7.14. The molecule has 0 aliphatic heterocycles. The third-order valence-electron chi connectivity index (χ3n) is 2.87. The quantitative estimate of drug-likeness (QED) is 0.696. The van der Waals surface area contributed by atoms with Gasteiger partial charge in [-0.3, -0.25) is 14.2 Å². The molecule has 0 aliphatic carbocycles. The first kappa shape index (κ1) is 16.6. The molecule has 1 aromatic heterocycles. The maximum atomic E-state index is 11.7. The summed E-state index contributed by atoms with van der Waals surface area (Å²) >= 11 is 1.72. The monoisotopic (exact) mass is 299 g/mol. The third kappa shape index (κ3) is 5.24. The van der Waals surface area contributed by atoms with Crippen molar-refractivity contribution in [2.75, 3.05) is 18.6 Å². The molecule has 0 spiro atoms. The predicted octanol–water partition coefficient (Wildman–Crippen LogP) is 0.197. The van der Waals surface area contributed by atoms with Crippen LogP contribution < -0.4 is 16.6 Å². The molecule has 1 N–H and O–H groups in total. The van der Waals surface area contributed by atoms with Crippen LogP contribution in [0.15, 0.2) is 21.9 Å². The number of carbonyl (C=O) groups excluding carboxylic acids is 1. The minimum absolute atomic E-state index is 0.0207. The molecule has 1 amide bonds. The summed E-state index contributed by atoms with van der Waals surface area (Å²) in [4.78, 5) is 34.7. The molecule has 0 radical (unpaired) electrons. The van der Waals surface area contributed by atoms with Crippen LogP contribution in [0.2, 0.25) is 0 Å². The van der Waals surface area contributed by atoms with Crippen LogP contribution in [0.3, 0.4) is 0 Å². The van der Waals surface area contributed by atoms with Gasteiger partial charge in [-0.2, -0.15) is 11.8 Å². The number of nitrogens with zero attached hydrogens (tertiary/aromatic N) is 2. The van der Waals surface area contributed by atoms with Crippen molar-refractivity contribution in [1.29, 1.82) is 0 Å². The first-order chi connectivity index (χ1) is 9.56. The van der Waals surface area contributed by atoms with Crippen molar-refractivity contribution < 1.29 is 4.79 Å². The molecule has 1 heterocycles. The highest BCUT2D eigenvalue weighted by Gasteiger charge is 2.03. The molecule has 7 heteroatoms. The molecule has 0 saturated heterocycles. The lowest BCUT2D eigenvalue weighted by Gasteiger charge is -2.07. The van der Waals surface area contributed by atoms with E-state index < -0.39 is 0 Å². The number of thioether (sulfide) groups is 1. The summed E-state index contributed by atoms with van der Waals surface area (Å²) < 4.78 is 2.54. The number of nitrogens with one attached hydrogen (secondary N) is 1. The van der Waals surface area contributed by atoms with Crippen molar-refractivity contribution in [2.24, 2.45) is 7.05 Å². The molecule has 1 aromatic rings. The number of hydrogen-bond donors (Lipinski definition) is 1. The molecule has 6 nitrogen and oxygen atoms in total. The van der Waals surface area contributed by atoms with Gasteiger partial charge in [0.15, 0.2) is 0 Å². The topological polar surface area (TPSA) is 73.1 Å². The maximum absolute atomic E-state index is 11.7. The van der Waals surface area contributed by atoms with E-state index in [1.54, 1.807) is 18.8 Å². The Hall–Kier alpha value is -1.50. The molecular formula is C13H21N3O3S. The van der Waals surface area contributed by atoms with Crippen LogP contribution in [0.4, 0.5) is 0 Å². The molecule has 0 bridgehead atoms. The fraction of sp³-hybridized carbons (Fsp3) is 0.615. The van der Waals surface area contributed by atoms with Crippen LogP contribution in [0.5, 0.6) is 0 Å². The molecule has 20 heavy (non-hydrogen) atoms. The van der Waals surface area contributed by atoms with Crippen molar-refractivity contribution in [2.45, 2.75) is 25.8 Å². The van der Waals surface area contributed by atoms with Gasteiger partial charge in [0.05, 0.1) is 0 Å². The summed E-state index contributed by atoms with van der Waals surface area (Å²) in [6, 6.07) is 1.36. The Morgan fingerprint density at radius 1 is 1.35 bits per heavy atom. The van der Waals surface area contributed by atoms with E-state index in [0.717, 1.165) is 12.2 Å². The van der Waals surface area contributed by atoms with E-state index in [2.05, 4.69) is 5.32 Å². The minimum Gasteiger partial charge on any atom is -0.356 e. The van der Waals surface area contributed by atoms with Crippen LogP contribution in [-0.2, 0) is 18.4 Å². The SMILES string of the molecule is CSCCCC(=O)NCCCn1c(=O)ccn(C)c1=O. The second kappa shape index (κ2) is 8.63. The van der Waals surface area contributed by atoms with Gasteiger partial charge in [-0.15, -0.1) is 0 Å². The van der Waals surface area contributed by atoms with Crippen LogP contribution in [0, 0.1) is 0 Å². The highest BCUT2D eigenvalue weighted by Crippen LogP contribution is 1.98. The van der Waals surface area contributed by atoms with E-state index in [1.807, 2.05) is 6.26 Å². The summed E-state index contributed by atoms with van der Waals surface area (Å²) in [6.45, 7) is 0.792. The van der Waals surface area contributed by atoms with E-state index in [-0.39, 0.29) is 17.2 Å². The Morgan fingerprint density at radius 2 is 2.10 bits per heavy atom. The standard InChI is InChI=1S/C13H21N3O3S/c1-15-9-6-12(18)16(13(15)19)8-4-7-14-11(17)5-3-10-20-2/h6,9H,3-5,7-8,10H2,1-2H3,(H,14,17). The van der Waals surface area contributed by atoms with Crippen molar-refractivity contribution in [1.82, 2.24) is 14.5 Å². The van der Waals surface area contributed by atoms with E-state index >= 15 is 0 Å². The van der Waals surface area contributed by atoms with Gasteiger partial charge in [-0.1, -0.05) is 0 Å². The van der Waals surface area contributed by atoms with Crippen molar-refractivity contribution >= 4 is 17.7 Å². The smallest absolute Gasteiger partial charge is 0.330 e. The molecule has 1 rings (SSSR count). The molecule has 112 valence electrons. The van der Waals surface area contributed by atoms with Crippen LogP contribution in [0.1, 0.15) is 19.3 Å². The van der Waals surface area contributed by atoms with Gasteiger partial charge in [-0.05, 0) is 24.9 Å². The predicted molar refractivity (Wildman–Crippen MR) is 81.2 cm³/mol. The molecule has 0 unspecified atom stereocenters. The number of aryl methyl sites for hydroxylation is 1. The fourth-order valence-corrected chi connectivity index (χ4v) is 2.18. The van der Waals surface area contributed by atoms with Gasteiger partial charge in [-0.25, -0.2) is 4.79 Å². The van der Waals surface area contributed by atoms with E-state index in [4.69, 9.17) is 0 Å². The highest BCUT2D eigenvalue weighted by molar-refractivity contribution is 7.98. The zero-order valence-electron chi connectivity index (χ0n) is 11.9. The van der Waals surface area contributed by atoms with E-state index in [9.17, 15) is 14.4 Å². The maximum Gasteiger partial charge on any atom is 0.330 e. The zero-order valence-corrected chi connectivity index (χ0v) is 12.7. The van der Waals surface area contributed by atoms with Gasteiger partial charge in [0, 0.05) is 38.8 Å². The normalized spacial score (nSPS) is 10.5. The largest absolute Gasteiger partial charge is 0.356 e. The molecular weight excluding hydrogens is 278 g/mol. The van der Waals surface area contributed by atoms with Gasteiger partial charge in [0.25, 0.3) is 5.56 Å². The van der Waals surface area contributed by atoms with Crippen molar-refractivity contribution in [3.8, 4) is 0 Å². The molecule has 0 aromatic carbocycles. The Morgan fingerprint density at radius 3 is 2.80 bits per heavy atom. The Bertz CT molecular complexity index is 551. The zero-order chi connectivity index (χ0) is 15.0. The Labute approximate surface area is 122 Å². The second-order valence-corrected chi connectivity index (χ2v) is 5.48. The second-order valence-electron chi connectivity index (χ2n) is 4.50. The number of carbonyl (C=O) groups is 1. The van der Waals surface area contributed by atoms with Crippen LogP contribution in [0.25, 0.3) is 0 Å². The number of aromatic nitrogens is 2. The Balaban J connectivity index is 2.35. The lowest BCUT2D eigenvalue weighted by molar-refractivity contribution is -0.121. The van der Waals surface area contributed by atoms with Crippen LogP contribution in [-0.4, -0.2) is 33.6 Å². The van der Waals surface area contributed by atoms with Gasteiger partial charge < -0.3 is 9.88 Å². The molecule has 0 saturated carbocycles. The third-order valence-corrected chi connectivity index (χ3v) is 3.57. The number of hydrogen-bond acceptors (Lipinski definition) is 4. The molecule has 0 aliphatic rings. The lowest BCUT2D eigenvalue weighted by Crippen LogP contribution is -2.38. The number of amides is 1. The summed E-state index contributed by atoms with van der Waals surface area (Å²) in [7, 11) is 1.60. The van der Waals surface area contributed by atoms with Crippen molar-refractivity contribution in [3.05, 3.63) is 33.1 Å². The first-order valence-corrected chi connectivity index (χ1v) is 7.97. The minimum atomic E-state index is -0.330. The first-order valence-electron chi connectivity index (χ1n) is 6.58. The van der Waals surface area contributed by atoms with Crippen LogP contribution >= 0.6 is 11.8 Å². The molecule has 0 atom stereocenters. The summed E-state index contributed by atoms with van der Waals surface area (Å²) in [6.07, 6.45) is 5.41.